The number of ether oxygens (including phenoxy) is 1. The fourth-order valence-corrected chi connectivity index (χ4v) is 2.41. The molecule has 0 atom stereocenters. The van der Waals surface area contributed by atoms with Crippen LogP contribution in [0.3, 0.4) is 0 Å². The summed E-state index contributed by atoms with van der Waals surface area (Å²) in [5.41, 5.74) is 3.09. The van der Waals surface area contributed by atoms with Gasteiger partial charge in [0.1, 0.15) is 0 Å². The maximum Gasteiger partial charge on any atom is 0.337 e. The zero-order valence-corrected chi connectivity index (χ0v) is 12.6. The minimum atomic E-state index is -0.400. The predicted octanol–water partition coefficient (Wildman–Crippen LogP) is 3.14. The Morgan fingerprint density at radius 2 is 1.87 bits per heavy atom. The quantitative estimate of drug-likeness (QED) is 0.727. The number of hydrogen-bond donors (Lipinski definition) is 2. The minimum absolute atomic E-state index is 0.106. The number of anilines is 1. The van der Waals surface area contributed by atoms with E-state index >= 15 is 0 Å². The van der Waals surface area contributed by atoms with Crippen molar-refractivity contribution in [2.45, 2.75) is 6.42 Å². The summed E-state index contributed by atoms with van der Waals surface area (Å²) in [7, 11) is 1.33. The highest BCUT2D eigenvalue weighted by Crippen LogP contribution is 2.16. The highest BCUT2D eigenvalue weighted by atomic mass is 16.5. The Bertz CT molecular complexity index is 850. The van der Waals surface area contributed by atoms with E-state index in [0.717, 1.165) is 16.5 Å². The first-order valence-electron chi connectivity index (χ1n) is 7.20. The van der Waals surface area contributed by atoms with Crippen molar-refractivity contribution in [1.82, 2.24) is 4.98 Å². The molecule has 0 aliphatic heterocycles. The molecule has 0 saturated carbocycles. The summed E-state index contributed by atoms with van der Waals surface area (Å²) in [6, 6.07) is 14.5. The molecule has 0 saturated heterocycles. The number of hydrogen-bond acceptors (Lipinski definition) is 3. The van der Waals surface area contributed by atoms with E-state index in [4.69, 9.17) is 0 Å². The summed E-state index contributed by atoms with van der Waals surface area (Å²) in [6.45, 7) is 0. The van der Waals surface area contributed by atoms with E-state index in [1.54, 1.807) is 24.3 Å². The number of methoxy groups -OCH3 is 1. The van der Waals surface area contributed by atoms with Gasteiger partial charge >= 0.3 is 5.97 Å². The van der Waals surface area contributed by atoms with E-state index in [-0.39, 0.29) is 5.91 Å². The van der Waals surface area contributed by atoms with Crippen LogP contribution in [0.4, 0.5) is 5.69 Å². The van der Waals surface area contributed by atoms with Gasteiger partial charge in [0, 0.05) is 17.4 Å². The van der Waals surface area contributed by atoms with Crippen molar-refractivity contribution in [2.75, 3.05) is 12.4 Å². The van der Waals surface area contributed by atoms with Crippen LogP contribution in [0.2, 0.25) is 0 Å². The van der Waals surface area contributed by atoms with Gasteiger partial charge in [-0.3, -0.25) is 4.79 Å². The maximum atomic E-state index is 12.1. The van der Waals surface area contributed by atoms with Crippen molar-refractivity contribution < 1.29 is 14.3 Å². The van der Waals surface area contributed by atoms with Crippen LogP contribution >= 0.6 is 0 Å². The molecule has 2 N–H and O–H groups in total. The van der Waals surface area contributed by atoms with Gasteiger partial charge in [-0.25, -0.2) is 4.79 Å². The van der Waals surface area contributed by atoms with Crippen molar-refractivity contribution in [3.63, 3.8) is 0 Å². The predicted molar refractivity (Wildman–Crippen MR) is 88.4 cm³/mol. The molecule has 0 bridgehead atoms. The molecule has 0 fully saturated rings. The molecule has 0 unspecified atom stereocenters. The van der Waals surface area contributed by atoms with Gasteiger partial charge in [-0.2, -0.15) is 0 Å². The van der Waals surface area contributed by atoms with Crippen molar-refractivity contribution in [3.8, 4) is 0 Å². The lowest BCUT2D eigenvalue weighted by Gasteiger charge is -2.06. The number of amides is 1. The lowest BCUT2D eigenvalue weighted by molar-refractivity contribution is -0.115. The number of carbonyl (C=O) groups is 2. The van der Waals surface area contributed by atoms with Gasteiger partial charge in [-0.1, -0.05) is 6.07 Å². The van der Waals surface area contributed by atoms with Crippen LogP contribution in [0.25, 0.3) is 10.9 Å². The number of H-pyrrole nitrogens is 1. The van der Waals surface area contributed by atoms with Crippen molar-refractivity contribution in [2.24, 2.45) is 0 Å². The number of nitrogens with one attached hydrogen (secondary N) is 2. The Labute approximate surface area is 133 Å². The van der Waals surface area contributed by atoms with Crippen molar-refractivity contribution in [1.29, 1.82) is 0 Å². The van der Waals surface area contributed by atoms with Crippen LogP contribution in [-0.2, 0) is 16.0 Å². The van der Waals surface area contributed by atoms with Gasteiger partial charge in [0.25, 0.3) is 0 Å². The van der Waals surface area contributed by atoms with Gasteiger partial charge in [-0.15, -0.1) is 0 Å². The lowest BCUT2D eigenvalue weighted by Crippen LogP contribution is -2.14. The third-order valence-corrected chi connectivity index (χ3v) is 3.57. The fourth-order valence-electron chi connectivity index (χ4n) is 2.41. The third-order valence-electron chi connectivity index (χ3n) is 3.57. The second kappa shape index (κ2) is 6.36. The number of fused-ring (bicyclic) bond motifs is 1. The average molecular weight is 308 g/mol. The number of esters is 1. The Kier molecular flexibility index (Phi) is 4.10. The molecule has 23 heavy (non-hydrogen) atoms. The lowest BCUT2D eigenvalue weighted by atomic mass is 10.1. The first kappa shape index (κ1) is 14.8. The van der Waals surface area contributed by atoms with E-state index in [0.29, 0.717) is 17.7 Å². The summed E-state index contributed by atoms with van der Waals surface area (Å²) in [6.07, 6.45) is 2.16. The summed E-state index contributed by atoms with van der Waals surface area (Å²) >= 11 is 0. The molecular weight excluding hydrogens is 292 g/mol. The van der Waals surface area contributed by atoms with E-state index in [2.05, 4.69) is 15.0 Å². The Hall–Kier alpha value is -3.08. The first-order chi connectivity index (χ1) is 11.2. The molecule has 3 rings (SSSR count). The van der Waals surface area contributed by atoms with E-state index in [1.165, 1.54) is 7.11 Å². The SMILES string of the molecule is COC(=O)c1ccc(NC(=O)Cc2ccc3[nH]ccc3c2)cc1. The first-order valence-corrected chi connectivity index (χ1v) is 7.20. The zero-order valence-electron chi connectivity index (χ0n) is 12.6. The number of carbonyl (C=O) groups excluding carboxylic acids is 2. The number of benzene rings is 2. The van der Waals surface area contributed by atoms with Crippen LogP contribution in [0, 0.1) is 0 Å². The third kappa shape index (κ3) is 3.40. The van der Waals surface area contributed by atoms with Crippen LogP contribution in [0.1, 0.15) is 15.9 Å². The summed E-state index contributed by atoms with van der Waals surface area (Å²) in [5.74, 6) is -0.506. The number of aromatic amines is 1. The Morgan fingerprint density at radius 1 is 1.09 bits per heavy atom. The normalized spacial score (nSPS) is 10.5. The summed E-state index contributed by atoms with van der Waals surface area (Å²) < 4.78 is 4.64. The summed E-state index contributed by atoms with van der Waals surface area (Å²) in [4.78, 5) is 26.6. The Morgan fingerprint density at radius 3 is 2.61 bits per heavy atom. The average Bonchev–Trinajstić information content (AvgIpc) is 3.02. The van der Waals surface area contributed by atoms with Gasteiger partial charge < -0.3 is 15.0 Å². The molecule has 3 aromatic rings. The maximum absolute atomic E-state index is 12.1. The van der Waals surface area contributed by atoms with E-state index in [1.807, 2.05) is 30.5 Å². The number of aromatic nitrogens is 1. The second-order valence-electron chi connectivity index (χ2n) is 5.19. The molecule has 1 amide bonds. The monoisotopic (exact) mass is 308 g/mol. The van der Waals surface area contributed by atoms with Gasteiger partial charge in [0.05, 0.1) is 19.1 Å². The van der Waals surface area contributed by atoms with Crippen LogP contribution in [0.15, 0.2) is 54.7 Å². The molecular formula is C18H16N2O3. The molecule has 1 heterocycles. The van der Waals surface area contributed by atoms with Crippen molar-refractivity contribution in [3.05, 3.63) is 65.9 Å². The highest BCUT2D eigenvalue weighted by molar-refractivity contribution is 5.94. The second-order valence-corrected chi connectivity index (χ2v) is 5.19. The van der Waals surface area contributed by atoms with Gasteiger partial charge in [0.2, 0.25) is 5.91 Å². The molecule has 0 radical (unpaired) electrons. The van der Waals surface area contributed by atoms with Crippen LogP contribution < -0.4 is 5.32 Å². The number of rotatable bonds is 4. The van der Waals surface area contributed by atoms with E-state index < -0.39 is 5.97 Å². The van der Waals surface area contributed by atoms with E-state index in [9.17, 15) is 9.59 Å². The molecule has 5 nitrogen and oxygen atoms in total. The largest absolute Gasteiger partial charge is 0.465 e. The molecule has 2 aromatic carbocycles. The van der Waals surface area contributed by atoms with Crippen LogP contribution in [-0.4, -0.2) is 24.0 Å². The van der Waals surface area contributed by atoms with Crippen LogP contribution in [0.5, 0.6) is 0 Å². The molecule has 0 aliphatic rings. The topological polar surface area (TPSA) is 71.2 Å². The fraction of sp³-hybridized carbons (Fsp3) is 0.111. The zero-order chi connectivity index (χ0) is 16.2. The highest BCUT2D eigenvalue weighted by Gasteiger charge is 2.07. The molecule has 5 heteroatoms. The minimum Gasteiger partial charge on any atom is -0.465 e. The molecule has 116 valence electrons. The molecule has 1 aromatic heterocycles. The van der Waals surface area contributed by atoms with Crippen molar-refractivity contribution >= 4 is 28.5 Å². The molecule has 0 aliphatic carbocycles. The smallest absolute Gasteiger partial charge is 0.337 e. The van der Waals surface area contributed by atoms with Gasteiger partial charge in [-0.05, 0) is 53.4 Å². The standard InChI is InChI=1S/C18H16N2O3/c1-23-18(22)13-3-5-15(6-4-13)20-17(21)11-12-2-7-16-14(10-12)8-9-19-16/h2-10,19H,11H2,1H3,(H,20,21). The summed E-state index contributed by atoms with van der Waals surface area (Å²) in [5, 5.41) is 3.90. The van der Waals surface area contributed by atoms with Gasteiger partial charge in [0.15, 0.2) is 0 Å². The Balaban J connectivity index is 1.65. The molecule has 0 spiro atoms.